The lowest BCUT2D eigenvalue weighted by Crippen LogP contribution is -2.33. The van der Waals surface area contributed by atoms with Crippen molar-refractivity contribution in [3.05, 3.63) is 17.5 Å². The molecule has 1 aromatic heterocycles. The molecular weight excluding hydrogens is 310 g/mol. The highest BCUT2D eigenvalue weighted by atomic mass is 32.2. The standard InChI is InChI=1S/C13H21N3O5S/c1-9-5-11(21-15-9)6-10-7-16(8-12(10)17)13(18)3-4-14-22(2,19)20/h5,10,12,14,17H,3-4,6-8H2,1-2H3/t10-,12-/m1/s1. The van der Waals surface area contributed by atoms with Crippen molar-refractivity contribution in [1.82, 2.24) is 14.8 Å². The van der Waals surface area contributed by atoms with Crippen molar-refractivity contribution in [3.8, 4) is 0 Å². The number of aliphatic hydroxyl groups is 1. The van der Waals surface area contributed by atoms with Gasteiger partial charge in [0, 0.05) is 44.5 Å². The van der Waals surface area contributed by atoms with E-state index in [-0.39, 0.29) is 31.3 Å². The van der Waals surface area contributed by atoms with Crippen molar-refractivity contribution in [1.29, 1.82) is 0 Å². The van der Waals surface area contributed by atoms with Gasteiger partial charge in [-0.3, -0.25) is 4.79 Å². The zero-order valence-electron chi connectivity index (χ0n) is 12.7. The molecule has 2 heterocycles. The first-order valence-electron chi connectivity index (χ1n) is 7.07. The second-order valence-electron chi connectivity index (χ2n) is 5.68. The molecule has 2 rings (SSSR count). The zero-order chi connectivity index (χ0) is 16.3. The van der Waals surface area contributed by atoms with Crippen LogP contribution in [-0.4, -0.2) is 61.5 Å². The molecule has 2 atom stereocenters. The zero-order valence-corrected chi connectivity index (χ0v) is 13.5. The van der Waals surface area contributed by atoms with Gasteiger partial charge in [-0.05, 0) is 6.92 Å². The lowest BCUT2D eigenvalue weighted by atomic mass is 10.0. The minimum atomic E-state index is -3.29. The number of aryl methyl sites for hydroxylation is 1. The fourth-order valence-electron chi connectivity index (χ4n) is 2.53. The van der Waals surface area contributed by atoms with E-state index in [0.29, 0.717) is 18.7 Å². The van der Waals surface area contributed by atoms with E-state index in [2.05, 4.69) is 9.88 Å². The molecule has 1 aromatic rings. The highest BCUT2D eigenvalue weighted by molar-refractivity contribution is 7.88. The molecule has 124 valence electrons. The first kappa shape index (κ1) is 16.9. The molecule has 1 amide bonds. The summed E-state index contributed by atoms with van der Waals surface area (Å²) in [6, 6.07) is 1.81. The SMILES string of the molecule is Cc1cc(C[C@@H]2CN(C(=O)CCNS(C)(=O)=O)C[C@H]2O)on1. The topological polar surface area (TPSA) is 113 Å². The molecule has 0 radical (unpaired) electrons. The number of β-amino-alcohol motifs (C(OH)–C–C–N with tert-alkyl or cyclic N) is 1. The minimum absolute atomic E-state index is 0.0657. The third-order valence-electron chi connectivity index (χ3n) is 3.60. The van der Waals surface area contributed by atoms with Crippen LogP contribution in [0.4, 0.5) is 0 Å². The number of amides is 1. The summed E-state index contributed by atoms with van der Waals surface area (Å²) in [5, 5.41) is 13.9. The maximum Gasteiger partial charge on any atom is 0.223 e. The number of carbonyl (C=O) groups is 1. The van der Waals surface area contributed by atoms with Crippen molar-refractivity contribution in [2.75, 3.05) is 25.9 Å². The number of hydrogen-bond donors (Lipinski definition) is 2. The van der Waals surface area contributed by atoms with Gasteiger partial charge in [0.15, 0.2) is 0 Å². The van der Waals surface area contributed by atoms with Crippen LogP contribution in [0, 0.1) is 12.8 Å². The van der Waals surface area contributed by atoms with Gasteiger partial charge in [0.05, 0.1) is 18.1 Å². The summed E-state index contributed by atoms with van der Waals surface area (Å²) in [5.74, 6) is 0.417. The molecule has 1 aliphatic rings. The van der Waals surface area contributed by atoms with E-state index in [1.54, 1.807) is 4.90 Å². The van der Waals surface area contributed by atoms with Gasteiger partial charge in [-0.1, -0.05) is 5.16 Å². The van der Waals surface area contributed by atoms with E-state index in [4.69, 9.17) is 4.52 Å². The summed E-state index contributed by atoms with van der Waals surface area (Å²) in [4.78, 5) is 13.6. The average Bonchev–Trinajstić information content (AvgIpc) is 2.95. The Balaban J connectivity index is 1.83. The third kappa shape index (κ3) is 4.79. The molecule has 2 N–H and O–H groups in total. The minimum Gasteiger partial charge on any atom is -0.391 e. The predicted molar refractivity (Wildman–Crippen MR) is 78.5 cm³/mol. The first-order chi connectivity index (χ1) is 10.2. The Labute approximate surface area is 129 Å². The summed E-state index contributed by atoms with van der Waals surface area (Å²) in [5.41, 5.74) is 0.780. The number of rotatable bonds is 6. The monoisotopic (exact) mass is 331 g/mol. The van der Waals surface area contributed by atoms with E-state index < -0.39 is 16.1 Å². The number of hydrogen-bond acceptors (Lipinski definition) is 6. The number of nitrogens with one attached hydrogen (secondary N) is 1. The highest BCUT2D eigenvalue weighted by Crippen LogP contribution is 2.22. The summed E-state index contributed by atoms with van der Waals surface area (Å²) < 4.78 is 29.3. The smallest absolute Gasteiger partial charge is 0.223 e. The van der Waals surface area contributed by atoms with Crippen molar-refractivity contribution in [2.45, 2.75) is 25.9 Å². The molecule has 8 nitrogen and oxygen atoms in total. The van der Waals surface area contributed by atoms with Crippen molar-refractivity contribution < 1.29 is 22.8 Å². The normalized spacial score (nSPS) is 22.2. The average molecular weight is 331 g/mol. The second kappa shape index (κ2) is 6.76. The van der Waals surface area contributed by atoms with Gasteiger partial charge in [0.2, 0.25) is 15.9 Å². The van der Waals surface area contributed by atoms with Crippen LogP contribution in [0.5, 0.6) is 0 Å². The number of aromatic nitrogens is 1. The van der Waals surface area contributed by atoms with E-state index in [9.17, 15) is 18.3 Å². The first-order valence-corrected chi connectivity index (χ1v) is 8.96. The maximum absolute atomic E-state index is 12.0. The molecule has 1 aliphatic heterocycles. The fourth-order valence-corrected chi connectivity index (χ4v) is 3.00. The highest BCUT2D eigenvalue weighted by Gasteiger charge is 2.34. The largest absolute Gasteiger partial charge is 0.391 e. The second-order valence-corrected chi connectivity index (χ2v) is 7.51. The quantitative estimate of drug-likeness (QED) is 0.712. The Morgan fingerprint density at radius 2 is 2.27 bits per heavy atom. The summed E-state index contributed by atoms with van der Waals surface area (Å²) in [7, 11) is -3.29. The van der Waals surface area contributed by atoms with Crippen LogP contribution in [0.15, 0.2) is 10.6 Å². The molecule has 0 spiro atoms. The summed E-state index contributed by atoms with van der Waals surface area (Å²) >= 11 is 0. The van der Waals surface area contributed by atoms with Crippen LogP contribution in [0.2, 0.25) is 0 Å². The van der Waals surface area contributed by atoms with Crippen LogP contribution >= 0.6 is 0 Å². The van der Waals surface area contributed by atoms with E-state index in [1.165, 1.54) is 0 Å². The lowest BCUT2D eigenvalue weighted by molar-refractivity contribution is -0.130. The van der Waals surface area contributed by atoms with Gasteiger partial charge < -0.3 is 14.5 Å². The van der Waals surface area contributed by atoms with Gasteiger partial charge in [0.1, 0.15) is 5.76 Å². The molecule has 1 fully saturated rings. The Morgan fingerprint density at radius 1 is 1.55 bits per heavy atom. The van der Waals surface area contributed by atoms with Crippen molar-refractivity contribution in [3.63, 3.8) is 0 Å². The number of carbonyl (C=O) groups excluding carboxylic acids is 1. The van der Waals surface area contributed by atoms with Gasteiger partial charge in [-0.25, -0.2) is 13.1 Å². The maximum atomic E-state index is 12.0. The molecule has 22 heavy (non-hydrogen) atoms. The van der Waals surface area contributed by atoms with Gasteiger partial charge in [-0.15, -0.1) is 0 Å². The number of sulfonamides is 1. The van der Waals surface area contributed by atoms with Gasteiger partial charge in [-0.2, -0.15) is 0 Å². The van der Waals surface area contributed by atoms with Crippen LogP contribution in [-0.2, 0) is 21.2 Å². The number of likely N-dealkylation sites (tertiary alicyclic amines) is 1. The molecule has 0 aliphatic carbocycles. The molecule has 0 aromatic carbocycles. The Bertz CT molecular complexity index is 627. The van der Waals surface area contributed by atoms with Crippen molar-refractivity contribution in [2.24, 2.45) is 5.92 Å². The Hall–Kier alpha value is -1.45. The fraction of sp³-hybridized carbons (Fsp3) is 0.692. The number of aliphatic hydroxyl groups excluding tert-OH is 1. The predicted octanol–water partition coefficient (Wildman–Crippen LogP) is -0.716. The summed E-state index contributed by atoms with van der Waals surface area (Å²) in [6.45, 7) is 2.58. The van der Waals surface area contributed by atoms with Crippen LogP contribution in [0.25, 0.3) is 0 Å². The number of nitrogens with zero attached hydrogens (tertiary/aromatic N) is 2. The van der Waals surface area contributed by atoms with Crippen LogP contribution in [0.1, 0.15) is 17.9 Å². The summed E-state index contributed by atoms with van der Waals surface area (Å²) in [6.07, 6.45) is 1.03. The lowest BCUT2D eigenvalue weighted by Gasteiger charge is -2.15. The van der Waals surface area contributed by atoms with E-state index in [0.717, 1.165) is 11.9 Å². The molecule has 0 bridgehead atoms. The van der Waals surface area contributed by atoms with Crippen LogP contribution in [0.3, 0.4) is 0 Å². The molecule has 1 saturated heterocycles. The molecule has 0 unspecified atom stereocenters. The van der Waals surface area contributed by atoms with Gasteiger partial charge >= 0.3 is 0 Å². The van der Waals surface area contributed by atoms with E-state index in [1.807, 2.05) is 13.0 Å². The molecule has 0 saturated carbocycles. The third-order valence-corrected chi connectivity index (χ3v) is 4.33. The Morgan fingerprint density at radius 3 is 2.86 bits per heavy atom. The van der Waals surface area contributed by atoms with E-state index >= 15 is 0 Å². The van der Waals surface area contributed by atoms with Crippen molar-refractivity contribution >= 4 is 15.9 Å². The molecular formula is C13H21N3O5S. The van der Waals surface area contributed by atoms with Crippen LogP contribution < -0.4 is 4.72 Å². The Kier molecular flexibility index (Phi) is 5.20. The van der Waals surface area contributed by atoms with Gasteiger partial charge in [0.25, 0.3) is 0 Å². The molecule has 9 heteroatoms.